The van der Waals surface area contributed by atoms with Crippen LogP contribution in [0.1, 0.15) is 26.2 Å². The van der Waals surface area contributed by atoms with Gasteiger partial charge in [-0.25, -0.2) is 0 Å². The standard InChI is InChI=1S/C9H10O/c1-3-4-5-6-7-8-9(2)10/h1H,4-6H2,2H3. The number of carbonyl (C=O) groups is 1. The van der Waals surface area contributed by atoms with Gasteiger partial charge in [-0.05, 0) is 12.3 Å². The van der Waals surface area contributed by atoms with Crippen LogP contribution in [-0.2, 0) is 4.79 Å². The van der Waals surface area contributed by atoms with Crippen LogP contribution in [0.2, 0.25) is 0 Å². The zero-order chi connectivity index (χ0) is 7.82. The molecule has 0 aliphatic carbocycles. The second-order valence-corrected chi connectivity index (χ2v) is 1.92. The lowest BCUT2D eigenvalue weighted by Crippen LogP contribution is -1.80. The van der Waals surface area contributed by atoms with E-state index in [2.05, 4.69) is 17.8 Å². The third kappa shape index (κ3) is 6.79. The second-order valence-electron chi connectivity index (χ2n) is 1.92. The zero-order valence-corrected chi connectivity index (χ0v) is 6.11. The zero-order valence-electron chi connectivity index (χ0n) is 6.11. The van der Waals surface area contributed by atoms with Gasteiger partial charge in [0, 0.05) is 19.8 Å². The molecule has 52 valence electrons. The summed E-state index contributed by atoms with van der Waals surface area (Å²) in [4.78, 5) is 10.3. The van der Waals surface area contributed by atoms with Gasteiger partial charge >= 0.3 is 0 Å². The average Bonchev–Trinajstić information content (AvgIpc) is 1.87. The first-order valence-electron chi connectivity index (χ1n) is 3.20. The quantitative estimate of drug-likeness (QED) is 0.317. The number of rotatable bonds is 2. The van der Waals surface area contributed by atoms with Crippen LogP contribution in [0.15, 0.2) is 0 Å². The van der Waals surface area contributed by atoms with Crippen molar-refractivity contribution in [3.63, 3.8) is 0 Å². The van der Waals surface area contributed by atoms with E-state index in [1.54, 1.807) is 0 Å². The molecule has 0 spiro atoms. The lowest BCUT2D eigenvalue weighted by Gasteiger charge is -1.81. The molecule has 1 nitrogen and oxygen atoms in total. The van der Waals surface area contributed by atoms with Crippen LogP contribution >= 0.6 is 0 Å². The summed E-state index contributed by atoms with van der Waals surface area (Å²) < 4.78 is 0. The van der Waals surface area contributed by atoms with E-state index in [-0.39, 0.29) is 5.78 Å². The van der Waals surface area contributed by atoms with Crippen LogP contribution in [0.5, 0.6) is 0 Å². The molecule has 0 atom stereocenters. The van der Waals surface area contributed by atoms with Crippen LogP contribution in [0.25, 0.3) is 0 Å². The van der Waals surface area contributed by atoms with Crippen LogP contribution in [-0.4, -0.2) is 5.78 Å². The van der Waals surface area contributed by atoms with Crippen LogP contribution in [0.3, 0.4) is 0 Å². The molecule has 0 saturated carbocycles. The van der Waals surface area contributed by atoms with Crippen molar-refractivity contribution in [2.75, 3.05) is 0 Å². The van der Waals surface area contributed by atoms with Crippen LogP contribution in [0, 0.1) is 24.2 Å². The second kappa shape index (κ2) is 5.92. The van der Waals surface area contributed by atoms with Gasteiger partial charge in [-0.2, -0.15) is 0 Å². The van der Waals surface area contributed by atoms with E-state index in [0.717, 1.165) is 19.3 Å². The summed E-state index contributed by atoms with van der Waals surface area (Å²) in [6.45, 7) is 1.45. The molecule has 0 unspecified atom stereocenters. The highest BCUT2D eigenvalue weighted by molar-refractivity contribution is 5.93. The Kier molecular flexibility index (Phi) is 5.20. The molecule has 0 N–H and O–H groups in total. The molecule has 10 heavy (non-hydrogen) atoms. The fourth-order valence-corrected chi connectivity index (χ4v) is 0.466. The summed E-state index contributed by atoms with van der Waals surface area (Å²) in [5.41, 5.74) is 0. The Bertz CT molecular complexity index is 197. The summed E-state index contributed by atoms with van der Waals surface area (Å²) in [5, 5.41) is 0. The van der Waals surface area contributed by atoms with Gasteiger partial charge in [0.1, 0.15) is 0 Å². The molecule has 0 aromatic rings. The summed E-state index contributed by atoms with van der Waals surface area (Å²) in [5.74, 6) is 7.59. The smallest absolute Gasteiger partial charge is 0.202 e. The normalized spacial score (nSPS) is 7.20. The fraction of sp³-hybridized carbons (Fsp3) is 0.444. The molecule has 0 aliphatic heterocycles. The van der Waals surface area contributed by atoms with Crippen molar-refractivity contribution in [2.24, 2.45) is 0 Å². The maximum Gasteiger partial charge on any atom is 0.202 e. The van der Waals surface area contributed by atoms with E-state index >= 15 is 0 Å². The van der Waals surface area contributed by atoms with Crippen LogP contribution in [0.4, 0.5) is 0 Å². The van der Waals surface area contributed by atoms with Crippen molar-refractivity contribution < 1.29 is 4.79 Å². The lowest BCUT2D eigenvalue weighted by molar-refractivity contribution is -0.111. The van der Waals surface area contributed by atoms with Crippen molar-refractivity contribution in [3.05, 3.63) is 0 Å². The average molecular weight is 134 g/mol. The Morgan fingerprint density at radius 3 is 2.70 bits per heavy atom. The van der Waals surface area contributed by atoms with Gasteiger partial charge in [-0.15, -0.1) is 12.3 Å². The van der Waals surface area contributed by atoms with Gasteiger partial charge in [0.25, 0.3) is 0 Å². The number of hydrogen-bond acceptors (Lipinski definition) is 1. The minimum absolute atomic E-state index is 0.0827. The molecule has 0 aliphatic rings. The predicted octanol–water partition coefficient (Wildman–Crippen LogP) is 1.38. The molecule has 0 aromatic carbocycles. The van der Waals surface area contributed by atoms with E-state index in [1.165, 1.54) is 6.92 Å². The van der Waals surface area contributed by atoms with E-state index < -0.39 is 0 Å². The number of carbonyl (C=O) groups excluding carboxylic acids is 1. The molecule has 0 aromatic heterocycles. The number of unbranched alkanes of at least 4 members (excludes halogenated alkanes) is 2. The molecule has 1 heteroatoms. The van der Waals surface area contributed by atoms with E-state index in [1.807, 2.05) is 0 Å². The third-order valence-corrected chi connectivity index (χ3v) is 0.887. The molecular weight excluding hydrogens is 124 g/mol. The van der Waals surface area contributed by atoms with Gasteiger partial charge in [-0.1, -0.05) is 5.92 Å². The summed E-state index contributed by atoms with van der Waals surface area (Å²) in [6, 6.07) is 0. The minimum Gasteiger partial charge on any atom is -0.285 e. The molecule has 0 heterocycles. The molecule has 0 fully saturated rings. The number of Topliss-reactive ketones (excluding diaryl/α,β-unsaturated/α-hetero) is 1. The van der Waals surface area contributed by atoms with E-state index in [9.17, 15) is 4.79 Å². The summed E-state index contributed by atoms with van der Waals surface area (Å²) >= 11 is 0. The monoisotopic (exact) mass is 134 g/mol. The van der Waals surface area contributed by atoms with Gasteiger partial charge < -0.3 is 0 Å². The van der Waals surface area contributed by atoms with Crippen molar-refractivity contribution in [2.45, 2.75) is 26.2 Å². The summed E-state index contributed by atoms with van der Waals surface area (Å²) in [6.07, 6.45) is 7.36. The van der Waals surface area contributed by atoms with Gasteiger partial charge in [0.15, 0.2) is 0 Å². The van der Waals surface area contributed by atoms with Crippen molar-refractivity contribution in [1.29, 1.82) is 0 Å². The molecule has 0 saturated heterocycles. The van der Waals surface area contributed by atoms with Crippen LogP contribution < -0.4 is 0 Å². The van der Waals surface area contributed by atoms with Crippen molar-refractivity contribution in [3.8, 4) is 24.2 Å². The largest absolute Gasteiger partial charge is 0.285 e. The Labute approximate surface area is 61.8 Å². The first-order chi connectivity index (χ1) is 4.77. The highest BCUT2D eigenvalue weighted by atomic mass is 16.1. The van der Waals surface area contributed by atoms with Gasteiger partial charge in [0.2, 0.25) is 5.78 Å². The SMILES string of the molecule is C#CCCCC#CC(C)=O. The molecule has 0 radical (unpaired) electrons. The van der Waals surface area contributed by atoms with Gasteiger partial charge in [0.05, 0.1) is 0 Å². The Morgan fingerprint density at radius 2 is 2.20 bits per heavy atom. The van der Waals surface area contributed by atoms with Crippen molar-refractivity contribution in [1.82, 2.24) is 0 Å². The predicted molar refractivity (Wildman–Crippen MR) is 41.1 cm³/mol. The minimum atomic E-state index is -0.0827. The summed E-state index contributed by atoms with van der Waals surface area (Å²) in [7, 11) is 0. The maximum absolute atomic E-state index is 10.3. The first kappa shape index (κ1) is 8.79. The highest BCUT2D eigenvalue weighted by Gasteiger charge is 1.80. The number of terminal acetylenes is 1. The van der Waals surface area contributed by atoms with Gasteiger partial charge in [-0.3, -0.25) is 4.79 Å². The number of hydrogen-bond donors (Lipinski definition) is 0. The van der Waals surface area contributed by atoms with E-state index in [4.69, 9.17) is 6.42 Å². The highest BCUT2D eigenvalue weighted by Crippen LogP contribution is 1.90. The van der Waals surface area contributed by atoms with Crippen molar-refractivity contribution >= 4 is 5.78 Å². The molecule has 0 bridgehead atoms. The molecule has 0 amide bonds. The van der Waals surface area contributed by atoms with E-state index in [0.29, 0.717) is 0 Å². The topological polar surface area (TPSA) is 17.1 Å². The first-order valence-corrected chi connectivity index (χ1v) is 3.20. The Balaban J connectivity index is 3.31. The number of ketones is 1. The molecular formula is C9H10O. The Hall–Kier alpha value is -1.21. The maximum atomic E-state index is 10.3. The molecule has 0 rings (SSSR count). The lowest BCUT2D eigenvalue weighted by atomic mass is 10.2. The third-order valence-electron chi connectivity index (χ3n) is 0.887. The Morgan fingerprint density at radius 1 is 1.50 bits per heavy atom. The fourth-order valence-electron chi connectivity index (χ4n) is 0.466.